The molecule has 0 aliphatic rings. The molecule has 2 unspecified atom stereocenters. The lowest BCUT2D eigenvalue weighted by atomic mass is 10.2. The van der Waals surface area contributed by atoms with E-state index in [-0.39, 0.29) is 47.2 Å². The molecule has 0 saturated heterocycles. The molecule has 2 aromatic rings. The van der Waals surface area contributed by atoms with Crippen LogP contribution in [-0.2, 0) is 40.4 Å². The average molecular weight is 566 g/mol. The Kier molecular flexibility index (Phi) is 11.1. The lowest BCUT2D eigenvalue weighted by Gasteiger charge is -2.12. The van der Waals surface area contributed by atoms with Crippen molar-refractivity contribution in [3.05, 3.63) is 67.8 Å². The minimum atomic E-state index is -4.31. The molecule has 0 spiro atoms. The molecule has 2 rings (SSSR count). The maximum atomic E-state index is 11.4. The summed E-state index contributed by atoms with van der Waals surface area (Å²) in [5, 5.41) is 22.7. The number of ether oxygens (including phenoxy) is 2. The van der Waals surface area contributed by atoms with E-state index in [0.717, 1.165) is 26.4 Å². The summed E-state index contributed by atoms with van der Waals surface area (Å²) in [6.07, 6.45) is 0.306. The monoisotopic (exact) mass is 566 g/mol. The van der Waals surface area contributed by atoms with Gasteiger partial charge in [-0.05, 0) is 24.3 Å². The third-order valence-electron chi connectivity index (χ3n) is 4.56. The van der Waals surface area contributed by atoms with Crippen molar-refractivity contribution in [1.29, 1.82) is 0 Å². The second kappa shape index (κ2) is 13.6. The van der Waals surface area contributed by atoms with Gasteiger partial charge in [0.25, 0.3) is 11.4 Å². The van der Waals surface area contributed by atoms with Gasteiger partial charge in [-0.1, -0.05) is 0 Å². The molecule has 0 bridgehead atoms. The largest absolute Gasteiger partial charge is 0.493 e. The highest BCUT2D eigenvalue weighted by Gasteiger charge is 2.24. The van der Waals surface area contributed by atoms with Crippen LogP contribution in [0, 0.1) is 20.2 Å². The van der Waals surface area contributed by atoms with Crippen molar-refractivity contribution in [1.82, 2.24) is 0 Å². The Morgan fingerprint density at radius 1 is 0.757 bits per heavy atom. The zero-order valence-electron chi connectivity index (χ0n) is 19.6. The van der Waals surface area contributed by atoms with E-state index >= 15 is 0 Å². The predicted octanol–water partition coefficient (Wildman–Crippen LogP) is 3.88. The van der Waals surface area contributed by atoms with Crippen LogP contribution in [0.3, 0.4) is 0 Å². The number of phosphoric acid groups is 2. The number of phosphoric ester groups is 2. The van der Waals surface area contributed by atoms with Gasteiger partial charge in [0.1, 0.15) is 11.5 Å². The topological polar surface area (TPSA) is 216 Å². The third kappa shape index (κ3) is 9.80. The van der Waals surface area contributed by atoms with E-state index in [1.165, 1.54) is 24.3 Å². The maximum Gasteiger partial charge on any atom is 0.472 e. The van der Waals surface area contributed by atoms with Gasteiger partial charge in [0, 0.05) is 20.6 Å². The first-order chi connectivity index (χ1) is 17.4. The molecule has 0 aliphatic heterocycles. The number of hydrogen-bond donors (Lipinski definition) is 2. The first-order valence-electron chi connectivity index (χ1n) is 10.2. The molecule has 2 atom stereocenters. The normalized spacial score (nSPS) is 14.4. The van der Waals surface area contributed by atoms with Gasteiger partial charge >= 0.3 is 15.6 Å². The van der Waals surface area contributed by atoms with Gasteiger partial charge < -0.3 is 19.3 Å². The van der Waals surface area contributed by atoms with Crippen molar-refractivity contribution >= 4 is 27.0 Å². The van der Waals surface area contributed by atoms with E-state index in [2.05, 4.69) is 18.1 Å². The number of nitro benzene ring substituents is 2. The SMILES string of the molecule is COP(=O)(O)OCc1ccc(OCCCOc2ccc(COP(=O)(O)OC)c([N+](=O)[O-])c2)cc1[N+](=O)[O-]. The Hall–Kier alpha value is -2.94. The number of benzene rings is 2. The van der Waals surface area contributed by atoms with Gasteiger partial charge in [0.05, 0.1) is 59.5 Å². The van der Waals surface area contributed by atoms with Crippen molar-refractivity contribution in [2.45, 2.75) is 19.6 Å². The van der Waals surface area contributed by atoms with Crippen LogP contribution in [0.25, 0.3) is 0 Å². The average Bonchev–Trinajstić information content (AvgIpc) is 2.86. The second-order valence-corrected chi connectivity index (χ2v) is 10.1. The molecule has 0 amide bonds. The van der Waals surface area contributed by atoms with Crippen LogP contribution in [0.2, 0.25) is 0 Å². The van der Waals surface area contributed by atoms with E-state index in [0.29, 0.717) is 6.42 Å². The number of rotatable bonds is 16. The minimum absolute atomic E-state index is 0.0338. The molecule has 16 nitrogen and oxygen atoms in total. The first-order valence-corrected chi connectivity index (χ1v) is 13.2. The van der Waals surface area contributed by atoms with E-state index < -0.39 is 38.7 Å². The standard InChI is InChI=1S/C19H24N2O14P2/c1-30-36(26,27)34-12-14-4-6-16(10-18(14)20(22)23)32-8-3-9-33-17-7-5-15(19(11-17)21(24)25)13-35-37(28,29)31-2/h4-7,10-11H,3,8-9,12-13H2,1-2H3,(H,26,27)(H,28,29). The molecule has 0 aliphatic carbocycles. The Morgan fingerprint density at radius 2 is 1.14 bits per heavy atom. The summed E-state index contributed by atoms with van der Waals surface area (Å²) >= 11 is 0. The highest BCUT2D eigenvalue weighted by atomic mass is 31.2. The number of nitrogens with zero attached hydrogens (tertiary/aromatic N) is 2. The second-order valence-electron chi connectivity index (χ2n) is 6.99. The van der Waals surface area contributed by atoms with Crippen LogP contribution < -0.4 is 9.47 Å². The van der Waals surface area contributed by atoms with Crippen molar-refractivity contribution in [3.8, 4) is 11.5 Å². The Morgan fingerprint density at radius 3 is 1.46 bits per heavy atom. The van der Waals surface area contributed by atoms with E-state index in [1.807, 2.05) is 0 Å². The molecule has 0 heterocycles. The first kappa shape index (κ1) is 30.3. The summed E-state index contributed by atoms with van der Waals surface area (Å²) in [5.41, 5.74) is -0.702. The number of nitro groups is 2. The van der Waals surface area contributed by atoms with Gasteiger partial charge in [-0.15, -0.1) is 0 Å². The fraction of sp³-hybridized carbons (Fsp3) is 0.368. The van der Waals surface area contributed by atoms with Crippen LogP contribution >= 0.6 is 15.6 Å². The minimum Gasteiger partial charge on any atom is -0.493 e. The highest BCUT2D eigenvalue weighted by molar-refractivity contribution is 7.47. The van der Waals surface area contributed by atoms with Gasteiger partial charge in [-0.2, -0.15) is 0 Å². The van der Waals surface area contributed by atoms with Crippen molar-refractivity contribution in [2.24, 2.45) is 0 Å². The molecule has 0 radical (unpaired) electrons. The van der Waals surface area contributed by atoms with E-state index in [1.54, 1.807) is 0 Å². The molecule has 2 aromatic carbocycles. The summed E-state index contributed by atoms with van der Waals surface area (Å²) in [6.45, 7) is -0.901. The quantitative estimate of drug-likeness (QED) is 0.128. The van der Waals surface area contributed by atoms with Crippen LogP contribution in [0.5, 0.6) is 11.5 Å². The smallest absolute Gasteiger partial charge is 0.472 e. The van der Waals surface area contributed by atoms with Crippen molar-refractivity contribution < 1.29 is 56.3 Å². The Labute approximate surface area is 210 Å². The van der Waals surface area contributed by atoms with Crippen LogP contribution in [-0.4, -0.2) is 47.1 Å². The van der Waals surface area contributed by atoms with Crippen LogP contribution in [0.4, 0.5) is 11.4 Å². The molecule has 18 heteroatoms. The van der Waals surface area contributed by atoms with Crippen LogP contribution in [0.15, 0.2) is 36.4 Å². The van der Waals surface area contributed by atoms with Gasteiger partial charge in [0.2, 0.25) is 0 Å². The highest BCUT2D eigenvalue weighted by Crippen LogP contribution is 2.44. The summed E-state index contributed by atoms with van der Waals surface area (Å²) < 4.78 is 51.6. The van der Waals surface area contributed by atoms with Gasteiger partial charge in [-0.25, -0.2) is 9.13 Å². The zero-order chi connectivity index (χ0) is 27.6. The molecular formula is C19H24N2O14P2. The fourth-order valence-corrected chi connectivity index (χ4v) is 3.51. The Balaban J connectivity index is 1.91. The summed E-state index contributed by atoms with van der Waals surface area (Å²) in [5.74, 6) is 0.318. The lowest BCUT2D eigenvalue weighted by Crippen LogP contribution is -2.06. The van der Waals surface area contributed by atoms with E-state index in [9.17, 15) is 39.1 Å². The molecule has 0 aromatic heterocycles. The van der Waals surface area contributed by atoms with Crippen LogP contribution in [0.1, 0.15) is 17.5 Å². The van der Waals surface area contributed by atoms with Crippen molar-refractivity contribution in [3.63, 3.8) is 0 Å². The molecular weight excluding hydrogens is 542 g/mol. The predicted molar refractivity (Wildman–Crippen MR) is 125 cm³/mol. The Bertz CT molecular complexity index is 1120. The van der Waals surface area contributed by atoms with E-state index in [4.69, 9.17) is 9.47 Å². The number of hydrogen-bond acceptors (Lipinski definition) is 12. The molecule has 0 saturated carbocycles. The summed E-state index contributed by atoms with van der Waals surface area (Å²) in [4.78, 5) is 39.8. The third-order valence-corrected chi connectivity index (χ3v) is 6.39. The van der Waals surface area contributed by atoms with Crippen molar-refractivity contribution in [2.75, 3.05) is 27.4 Å². The molecule has 0 fully saturated rings. The molecule has 204 valence electrons. The molecule has 2 N–H and O–H groups in total. The summed E-state index contributed by atoms with van der Waals surface area (Å²) in [6, 6.07) is 7.72. The van der Waals surface area contributed by atoms with Gasteiger partial charge in [0.15, 0.2) is 0 Å². The fourth-order valence-electron chi connectivity index (χ4n) is 2.70. The lowest BCUT2D eigenvalue weighted by molar-refractivity contribution is -0.386. The zero-order valence-corrected chi connectivity index (χ0v) is 21.4. The summed E-state index contributed by atoms with van der Waals surface area (Å²) in [7, 11) is -6.70. The molecule has 37 heavy (non-hydrogen) atoms. The van der Waals surface area contributed by atoms with Gasteiger partial charge in [-0.3, -0.25) is 38.3 Å². The maximum absolute atomic E-state index is 11.4.